The van der Waals surface area contributed by atoms with Crippen LogP contribution in [0.2, 0.25) is 0 Å². The van der Waals surface area contributed by atoms with Gasteiger partial charge >= 0.3 is 0 Å². The number of carbonyl (C=O) groups is 1. The van der Waals surface area contributed by atoms with Crippen LogP contribution in [0.3, 0.4) is 0 Å². The first-order valence-electron chi connectivity index (χ1n) is 17.2. The minimum Gasteiger partial charge on any atom is -0.393 e. The second kappa shape index (κ2) is 10.4. The molecule has 8 nitrogen and oxygen atoms in total. The van der Waals surface area contributed by atoms with E-state index < -0.39 is 30.7 Å². The minimum atomic E-state index is -1.36. The molecule has 0 aromatic rings. The van der Waals surface area contributed by atoms with E-state index in [9.17, 15) is 30.3 Å². The minimum absolute atomic E-state index is 0.0151. The molecule has 6 fully saturated rings. The summed E-state index contributed by atoms with van der Waals surface area (Å²) in [5.74, 6) is 1.08. The molecule has 1 saturated heterocycles. The van der Waals surface area contributed by atoms with Crippen LogP contribution in [0.15, 0.2) is 0 Å². The van der Waals surface area contributed by atoms with Crippen LogP contribution in [0.25, 0.3) is 0 Å². The first-order valence-corrected chi connectivity index (χ1v) is 17.2. The number of fused-ring (bicyclic) bond motifs is 2. The molecule has 15 atom stereocenters. The SMILES string of the molecule is CC(C)C(=O)CC[C@@H](C)[C@H]1[C@@H](O[C@@H]2OC[C@H](O)[C@H](O)[C@H]2O)C[C@@]2(C)[C@@H]3CC[C@H]4C(C)(C)[C@@H](O)CC[C@]45C[C@]35[C@H](O)C[C@]12C. The van der Waals surface area contributed by atoms with Gasteiger partial charge in [-0.3, -0.25) is 4.79 Å². The molecule has 5 aliphatic carbocycles. The summed E-state index contributed by atoms with van der Waals surface area (Å²) in [6.07, 6.45) is 1.56. The average molecular weight is 607 g/mol. The normalized spacial score (nSPS) is 54.3. The Balaban J connectivity index is 1.35. The Hall–Kier alpha value is -0.610. The fraction of sp³-hybridized carbons (Fsp3) is 0.971. The molecule has 8 heteroatoms. The van der Waals surface area contributed by atoms with Crippen molar-refractivity contribution in [3.8, 4) is 0 Å². The number of ketones is 1. The summed E-state index contributed by atoms with van der Waals surface area (Å²) in [7, 11) is 0. The molecule has 246 valence electrons. The highest BCUT2D eigenvalue weighted by Gasteiger charge is 2.85. The van der Waals surface area contributed by atoms with E-state index in [1.807, 2.05) is 13.8 Å². The van der Waals surface area contributed by atoms with Crippen LogP contribution >= 0.6 is 0 Å². The number of aliphatic hydroxyl groups excluding tert-OH is 5. The molecule has 6 aliphatic rings. The molecule has 1 aliphatic heterocycles. The number of rotatable bonds is 7. The van der Waals surface area contributed by atoms with E-state index >= 15 is 0 Å². The van der Waals surface area contributed by atoms with Crippen molar-refractivity contribution in [1.29, 1.82) is 0 Å². The third kappa shape index (κ3) is 4.29. The van der Waals surface area contributed by atoms with Gasteiger partial charge in [-0.2, -0.15) is 0 Å². The van der Waals surface area contributed by atoms with Gasteiger partial charge in [0.05, 0.1) is 24.9 Å². The highest BCUT2D eigenvalue weighted by Crippen LogP contribution is 2.89. The van der Waals surface area contributed by atoms with Crippen molar-refractivity contribution in [1.82, 2.24) is 0 Å². The van der Waals surface area contributed by atoms with Gasteiger partial charge < -0.3 is 35.0 Å². The third-order valence-electron chi connectivity index (χ3n) is 15.0. The Labute approximate surface area is 257 Å². The largest absolute Gasteiger partial charge is 0.393 e. The van der Waals surface area contributed by atoms with Crippen molar-refractivity contribution in [2.45, 2.75) is 149 Å². The van der Waals surface area contributed by atoms with Gasteiger partial charge in [0, 0.05) is 17.8 Å². The summed E-state index contributed by atoms with van der Waals surface area (Å²) in [6.45, 7) is 15.2. The Morgan fingerprint density at radius 2 is 1.56 bits per heavy atom. The molecular formula is C35H58O8. The highest BCUT2D eigenvalue weighted by molar-refractivity contribution is 5.80. The van der Waals surface area contributed by atoms with Crippen molar-refractivity contribution in [2.75, 3.05) is 6.61 Å². The summed E-state index contributed by atoms with van der Waals surface area (Å²) in [6, 6.07) is 0. The Morgan fingerprint density at radius 3 is 2.23 bits per heavy atom. The monoisotopic (exact) mass is 606 g/mol. The van der Waals surface area contributed by atoms with E-state index in [-0.39, 0.29) is 69.4 Å². The van der Waals surface area contributed by atoms with Gasteiger partial charge in [0.2, 0.25) is 0 Å². The van der Waals surface area contributed by atoms with Crippen LogP contribution in [-0.4, -0.2) is 80.8 Å². The molecule has 0 aromatic carbocycles. The summed E-state index contributed by atoms with van der Waals surface area (Å²) >= 11 is 0. The summed E-state index contributed by atoms with van der Waals surface area (Å²) < 4.78 is 12.4. The number of Topliss-reactive ketones (excluding diaryl/α,β-unsaturated/α-hetero) is 1. The molecule has 5 saturated carbocycles. The van der Waals surface area contributed by atoms with E-state index in [2.05, 4.69) is 34.6 Å². The number of carbonyl (C=O) groups excluding carboxylic acids is 1. The fourth-order valence-electron chi connectivity index (χ4n) is 12.5. The maximum atomic E-state index is 12.7. The van der Waals surface area contributed by atoms with Crippen LogP contribution in [0, 0.1) is 56.7 Å². The lowest BCUT2D eigenvalue weighted by Gasteiger charge is -2.64. The van der Waals surface area contributed by atoms with Crippen LogP contribution in [0.4, 0.5) is 0 Å². The lowest BCUT2D eigenvalue weighted by atomic mass is 9.41. The van der Waals surface area contributed by atoms with E-state index in [1.54, 1.807) is 0 Å². The fourth-order valence-corrected chi connectivity index (χ4v) is 12.5. The second-order valence-corrected chi connectivity index (χ2v) is 17.3. The number of hydrogen-bond donors (Lipinski definition) is 5. The van der Waals surface area contributed by atoms with E-state index in [1.165, 1.54) is 0 Å². The molecule has 0 bridgehead atoms. The van der Waals surface area contributed by atoms with E-state index in [4.69, 9.17) is 9.47 Å². The molecule has 1 heterocycles. The lowest BCUT2D eigenvalue weighted by molar-refractivity contribution is -0.288. The second-order valence-electron chi connectivity index (χ2n) is 17.3. The lowest BCUT2D eigenvalue weighted by Crippen LogP contribution is -2.62. The maximum absolute atomic E-state index is 12.7. The van der Waals surface area contributed by atoms with Gasteiger partial charge in [-0.05, 0) is 96.7 Å². The Morgan fingerprint density at radius 1 is 0.884 bits per heavy atom. The van der Waals surface area contributed by atoms with Gasteiger partial charge in [0.25, 0.3) is 0 Å². The van der Waals surface area contributed by atoms with E-state index in [0.717, 1.165) is 44.9 Å². The zero-order valence-electron chi connectivity index (χ0n) is 27.5. The zero-order valence-corrected chi connectivity index (χ0v) is 27.5. The van der Waals surface area contributed by atoms with E-state index in [0.29, 0.717) is 24.7 Å². The van der Waals surface area contributed by atoms with Crippen LogP contribution in [-0.2, 0) is 14.3 Å². The predicted molar refractivity (Wildman–Crippen MR) is 161 cm³/mol. The van der Waals surface area contributed by atoms with Gasteiger partial charge in [-0.1, -0.05) is 48.5 Å². The molecule has 2 spiro atoms. The molecule has 0 radical (unpaired) electrons. The van der Waals surface area contributed by atoms with Gasteiger partial charge in [0.15, 0.2) is 6.29 Å². The summed E-state index contributed by atoms with van der Waals surface area (Å²) in [5.41, 5.74) is -0.682. The van der Waals surface area contributed by atoms with Crippen LogP contribution in [0.1, 0.15) is 106 Å². The Kier molecular flexibility index (Phi) is 7.86. The molecule has 43 heavy (non-hydrogen) atoms. The number of aliphatic hydroxyl groups is 5. The molecule has 0 unspecified atom stereocenters. The maximum Gasteiger partial charge on any atom is 0.186 e. The quantitative estimate of drug-likeness (QED) is 0.295. The molecule has 5 N–H and O–H groups in total. The molecular weight excluding hydrogens is 548 g/mol. The van der Waals surface area contributed by atoms with Crippen LogP contribution < -0.4 is 0 Å². The summed E-state index contributed by atoms with van der Waals surface area (Å²) in [5, 5.41) is 54.6. The first-order chi connectivity index (χ1) is 20.0. The number of hydrogen-bond acceptors (Lipinski definition) is 8. The van der Waals surface area contributed by atoms with Gasteiger partial charge in [-0.15, -0.1) is 0 Å². The standard InChI is InChI=1S/C35H58O8/c1-18(2)20(36)9-8-19(3)27-22(43-30-29(41)28(40)21(37)16-42-30)14-32(6)24-11-10-23-31(4,5)25(38)12-13-34(23)17-35(24,34)26(39)15-33(27,32)7/h18-19,21-30,37-41H,8-17H2,1-7H3/t19-,21+,22+,23+,24+,25+,26-,27+,28+,29-,30+,32+,33-,34+,35-/m1/s1. The Bertz CT molecular complexity index is 1090. The van der Waals surface area contributed by atoms with Crippen molar-refractivity contribution < 1.29 is 39.8 Å². The highest BCUT2D eigenvalue weighted by atomic mass is 16.7. The third-order valence-corrected chi connectivity index (χ3v) is 15.0. The topological polar surface area (TPSA) is 137 Å². The van der Waals surface area contributed by atoms with Crippen molar-refractivity contribution in [3.63, 3.8) is 0 Å². The number of ether oxygens (including phenoxy) is 2. The first kappa shape index (κ1) is 32.3. The zero-order chi connectivity index (χ0) is 31.5. The molecule has 6 rings (SSSR count). The van der Waals surface area contributed by atoms with Crippen molar-refractivity contribution in [2.24, 2.45) is 56.7 Å². The van der Waals surface area contributed by atoms with Crippen molar-refractivity contribution in [3.05, 3.63) is 0 Å². The summed E-state index contributed by atoms with van der Waals surface area (Å²) in [4.78, 5) is 12.7. The molecule has 0 aromatic heterocycles. The van der Waals surface area contributed by atoms with Crippen LogP contribution in [0.5, 0.6) is 0 Å². The molecule has 0 amide bonds. The predicted octanol–water partition coefficient (Wildman–Crippen LogP) is 3.83. The van der Waals surface area contributed by atoms with Gasteiger partial charge in [0.1, 0.15) is 24.1 Å². The van der Waals surface area contributed by atoms with Gasteiger partial charge in [-0.25, -0.2) is 0 Å². The van der Waals surface area contributed by atoms with Crippen molar-refractivity contribution >= 4 is 5.78 Å². The average Bonchev–Trinajstić information content (AvgIpc) is 3.57. The smallest absolute Gasteiger partial charge is 0.186 e.